The fraction of sp³-hybridized carbons (Fsp3) is 0.250. The summed E-state index contributed by atoms with van der Waals surface area (Å²) in [6.45, 7) is 2.09. The van der Waals surface area contributed by atoms with E-state index in [9.17, 15) is 4.79 Å². The monoisotopic (exact) mass is 467 g/mol. The molecule has 2 N–H and O–H groups in total. The second-order valence-corrected chi connectivity index (χ2v) is 7.73. The Kier molecular flexibility index (Phi) is 5.69. The first-order valence-corrected chi connectivity index (χ1v) is 9.76. The lowest BCUT2D eigenvalue weighted by Gasteiger charge is -2.08. The van der Waals surface area contributed by atoms with Crippen molar-refractivity contribution in [2.45, 2.75) is 32.6 Å². The lowest BCUT2D eigenvalue weighted by molar-refractivity contribution is -0.137. The van der Waals surface area contributed by atoms with Gasteiger partial charge in [-0.2, -0.15) is 0 Å². The molecule has 5 heteroatoms. The number of carboxylic acid groups (broad SMARTS) is 1. The van der Waals surface area contributed by atoms with Gasteiger partial charge in [0.05, 0.1) is 0 Å². The van der Waals surface area contributed by atoms with Gasteiger partial charge in [-0.3, -0.25) is 4.79 Å². The molecule has 3 aromatic rings. The molecule has 1 aromatic heterocycles. The van der Waals surface area contributed by atoms with Crippen molar-refractivity contribution in [3.63, 3.8) is 0 Å². The van der Waals surface area contributed by atoms with Gasteiger partial charge in [-0.1, -0.05) is 24.6 Å². The van der Waals surface area contributed by atoms with Crippen LogP contribution in [0.2, 0.25) is 5.02 Å². The zero-order chi connectivity index (χ0) is 18.0. The molecule has 0 aliphatic carbocycles. The highest BCUT2D eigenvalue weighted by atomic mass is 127. The van der Waals surface area contributed by atoms with Gasteiger partial charge in [0.1, 0.15) is 0 Å². The van der Waals surface area contributed by atoms with E-state index in [1.165, 1.54) is 14.5 Å². The molecular weight excluding hydrogens is 449 g/mol. The minimum atomic E-state index is -0.754. The van der Waals surface area contributed by atoms with Crippen LogP contribution in [-0.2, 0) is 17.6 Å². The number of aromatic nitrogens is 1. The van der Waals surface area contributed by atoms with E-state index in [4.69, 9.17) is 16.7 Å². The third kappa shape index (κ3) is 4.01. The predicted molar refractivity (Wildman–Crippen MR) is 111 cm³/mol. The van der Waals surface area contributed by atoms with Crippen LogP contribution < -0.4 is 0 Å². The molecule has 130 valence electrons. The van der Waals surface area contributed by atoms with E-state index in [0.717, 1.165) is 40.2 Å². The van der Waals surface area contributed by atoms with E-state index < -0.39 is 5.97 Å². The number of carbonyl (C=O) groups is 1. The quantitative estimate of drug-likeness (QED) is 0.433. The third-order valence-corrected chi connectivity index (χ3v) is 5.44. The highest BCUT2D eigenvalue weighted by Gasteiger charge is 2.15. The van der Waals surface area contributed by atoms with E-state index in [2.05, 4.69) is 58.8 Å². The van der Waals surface area contributed by atoms with Gasteiger partial charge in [-0.25, -0.2) is 0 Å². The number of aromatic amines is 1. The number of hydrogen-bond donors (Lipinski definition) is 2. The first-order chi connectivity index (χ1) is 12.0. The summed E-state index contributed by atoms with van der Waals surface area (Å²) in [7, 11) is 0. The van der Waals surface area contributed by atoms with Gasteiger partial charge in [-0.05, 0) is 88.9 Å². The van der Waals surface area contributed by atoms with Gasteiger partial charge < -0.3 is 10.1 Å². The molecule has 0 aliphatic rings. The molecule has 3 nitrogen and oxygen atoms in total. The molecule has 0 radical (unpaired) electrons. The average molecular weight is 468 g/mol. The second kappa shape index (κ2) is 7.79. The van der Waals surface area contributed by atoms with Crippen LogP contribution in [0.5, 0.6) is 0 Å². The highest BCUT2D eigenvalue weighted by Crippen LogP contribution is 2.34. The third-order valence-electron chi connectivity index (χ3n) is 4.40. The van der Waals surface area contributed by atoms with Crippen molar-refractivity contribution in [3.05, 3.63) is 56.1 Å². The summed E-state index contributed by atoms with van der Waals surface area (Å²) >= 11 is 8.57. The topological polar surface area (TPSA) is 53.1 Å². The summed E-state index contributed by atoms with van der Waals surface area (Å²) in [4.78, 5) is 14.4. The zero-order valence-corrected chi connectivity index (χ0v) is 16.8. The van der Waals surface area contributed by atoms with Gasteiger partial charge in [-0.15, -0.1) is 0 Å². The molecular formula is C20H19ClINO2. The number of aryl methyl sites for hydroxylation is 2. The van der Waals surface area contributed by atoms with Crippen LogP contribution >= 0.6 is 34.2 Å². The minimum absolute atomic E-state index is 0.177. The molecule has 0 aliphatic heterocycles. The van der Waals surface area contributed by atoms with Gasteiger partial charge in [0, 0.05) is 31.6 Å². The Morgan fingerprint density at radius 3 is 2.76 bits per heavy atom. The second-order valence-electron chi connectivity index (χ2n) is 6.08. The van der Waals surface area contributed by atoms with Crippen LogP contribution in [0.25, 0.3) is 22.2 Å². The molecule has 0 atom stereocenters. The molecule has 0 saturated carbocycles. The van der Waals surface area contributed by atoms with Crippen molar-refractivity contribution >= 4 is 51.1 Å². The van der Waals surface area contributed by atoms with Crippen LogP contribution in [-0.4, -0.2) is 16.1 Å². The van der Waals surface area contributed by atoms with E-state index in [-0.39, 0.29) is 6.42 Å². The molecule has 0 spiro atoms. The number of rotatable bonds is 6. The molecule has 0 bridgehead atoms. The van der Waals surface area contributed by atoms with E-state index >= 15 is 0 Å². The van der Waals surface area contributed by atoms with Crippen molar-refractivity contribution < 1.29 is 9.90 Å². The smallest absolute Gasteiger partial charge is 0.303 e. The Hall–Kier alpha value is -1.53. The summed E-state index contributed by atoms with van der Waals surface area (Å²) < 4.78 is 1.17. The highest BCUT2D eigenvalue weighted by molar-refractivity contribution is 14.1. The summed E-state index contributed by atoms with van der Waals surface area (Å²) in [5.41, 5.74) is 5.53. The normalized spacial score (nSPS) is 11.2. The van der Waals surface area contributed by atoms with Gasteiger partial charge in [0.2, 0.25) is 0 Å². The largest absolute Gasteiger partial charge is 0.481 e. The molecule has 0 amide bonds. The Morgan fingerprint density at radius 1 is 1.24 bits per heavy atom. The average Bonchev–Trinajstić information content (AvgIpc) is 2.93. The predicted octanol–water partition coefficient (Wildman–Crippen LogP) is 6.06. The van der Waals surface area contributed by atoms with Crippen LogP contribution in [0.4, 0.5) is 0 Å². The van der Waals surface area contributed by atoms with Crippen molar-refractivity contribution in [3.8, 4) is 11.3 Å². The Labute approximate surface area is 165 Å². The first-order valence-electron chi connectivity index (χ1n) is 8.30. The zero-order valence-electron chi connectivity index (χ0n) is 13.9. The lowest BCUT2D eigenvalue weighted by Crippen LogP contribution is -1.97. The van der Waals surface area contributed by atoms with Crippen molar-refractivity contribution in [2.75, 3.05) is 0 Å². The Morgan fingerprint density at radius 2 is 2.04 bits per heavy atom. The number of H-pyrrole nitrogens is 1. The van der Waals surface area contributed by atoms with Gasteiger partial charge >= 0.3 is 5.97 Å². The maximum absolute atomic E-state index is 10.9. The summed E-state index contributed by atoms with van der Waals surface area (Å²) in [6, 6.07) is 12.4. The maximum atomic E-state index is 10.9. The van der Waals surface area contributed by atoms with Crippen molar-refractivity contribution in [2.24, 2.45) is 0 Å². The molecule has 0 unspecified atom stereocenters. The fourth-order valence-corrected chi connectivity index (χ4v) is 3.89. The standard InChI is InChI=1S/C20H19ClINO2/c1-2-12-10-13(6-8-17(12)21)20-15(4-3-5-19(24)25)16-11-14(22)7-9-18(16)23-20/h6-11,23H,2-5H2,1H3,(H,24,25). The molecule has 3 rings (SSSR count). The molecule has 2 aromatic carbocycles. The number of benzene rings is 2. The summed E-state index contributed by atoms with van der Waals surface area (Å²) in [5, 5.41) is 10.9. The van der Waals surface area contributed by atoms with Crippen LogP contribution in [0.3, 0.4) is 0 Å². The van der Waals surface area contributed by atoms with E-state index in [1.807, 2.05) is 12.1 Å². The lowest BCUT2D eigenvalue weighted by atomic mass is 9.99. The van der Waals surface area contributed by atoms with Crippen LogP contribution in [0.15, 0.2) is 36.4 Å². The van der Waals surface area contributed by atoms with Crippen molar-refractivity contribution in [1.29, 1.82) is 0 Å². The van der Waals surface area contributed by atoms with Crippen LogP contribution in [0.1, 0.15) is 30.9 Å². The SMILES string of the molecule is CCc1cc(-c2[nH]c3ccc(I)cc3c2CCCC(=O)O)ccc1Cl. The molecule has 1 heterocycles. The number of halogens is 2. The summed E-state index contributed by atoms with van der Waals surface area (Å²) in [5.74, 6) is -0.754. The first kappa shape index (κ1) is 18.3. The maximum Gasteiger partial charge on any atom is 0.303 e. The molecule has 0 fully saturated rings. The Bertz CT molecular complexity index is 933. The number of fused-ring (bicyclic) bond motifs is 1. The van der Waals surface area contributed by atoms with E-state index in [1.54, 1.807) is 0 Å². The van der Waals surface area contributed by atoms with Gasteiger partial charge in [0.15, 0.2) is 0 Å². The number of carboxylic acids is 1. The number of aliphatic carboxylic acids is 1. The number of hydrogen-bond acceptors (Lipinski definition) is 1. The summed E-state index contributed by atoms with van der Waals surface area (Å²) in [6.07, 6.45) is 2.40. The Balaban J connectivity index is 2.11. The molecule has 25 heavy (non-hydrogen) atoms. The van der Waals surface area contributed by atoms with Gasteiger partial charge in [0.25, 0.3) is 0 Å². The van der Waals surface area contributed by atoms with E-state index in [0.29, 0.717) is 6.42 Å². The number of nitrogens with one attached hydrogen (secondary N) is 1. The van der Waals surface area contributed by atoms with Crippen molar-refractivity contribution in [1.82, 2.24) is 4.98 Å². The fourth-order valence-electron chi connectivity index (χ4n) is 3.14. The van der Waals surface area contributed by atoms with Crippen LogP contribution in [0, 0.1) is 3.57 Å². The minimum Gasteiger partial charge on any atom is -0.481 e. The molecule has 0 saturated heterocycles.